The minimum atomic E-state index is -0.783. The third-order valence-electron chi connectivity index (χ3n) is 5.53. The molecule has 3 rings (SSSR count). The van der Waals surface area contributed by atoms with Crippen molar-refractivity contribution in [2.45, 2.75) is 26.8 Å². The summed E-state index contributed by atoms with van der Waals surface area (Å²) in [4.78, 5) is 27.5. The van der Waals surface area contributed by atoms with Crippen molar-refractivity contribution in [1.29, 1.82) is 0 Å². The lowest BCUT2D eigenvalue weighted by molar-refractivity contribution is -0.140. The van der Waals surface area contributed by atoms with Crippen molar-refractivity contribution < 1.29 is 28.9 Å². The number of rotatable bonds is 8. The summed E-state index contributed by atoms with van der Waals surface area (Å²) in [6.45, 7) is 6.55. The first-order valence-corrected chi connectivity index (χ1v) is 10.5. The van der Waals surface area contributed by atoms with E-state index in [9.17, 15) is 14.7 Å². The second kappa shape index (κ2) is 9.87. The number of likely N-dealkylation sites (tertiary alicyclic amines) is 1. The third kappa shape index (κ3) is 4.34. The van der Waals surface area contributed by atoms with Gasteiger partial charge in [-0.25, -0.2) is 0 Å². The molecule has 7 nitrogen and oxygen atoms in total. The number of aliphatic hydroxyl groups excluding tert-OH is 1. The van der Waals surface area contributed by atoms with Gasteiger partial charge >= 0.3 is 0 Å². The van der Waals surface area contributed by atoms with Crippen LogP contribution in [-0.2, 0) is 14.3 Å². The van der Waals surface area contributed by atoms with Gasteiger partial charge in [0.05, 0.1) is 31.9 Å². The van der Waals surface area contributed by atoms with Gasteiger partial charge in [-0.3, -0.25) is 9.59 Å². The first-order chi connectivity index (χ1) is 15.3. The molecule has 1 aliphatic rings. The highest BCUT2D eigenvalue weighted by Crippen LogP contribution is 2.42. The Balaban J connectivity index is 2.22. The smallest absolute Gasteiger partial charge is 0.295 e. The van der Waals surface area contributed by atoms with Gasteiger partial charge in [-0.1, -0.05) is 23.8 Å². The molecule has 1 N–H and O–H groups in total. The highest BCUT2D eigenvalue weighted by Gasteiger charge is 2.46. The molecule has 32 heavy (non-hydrogen) atoms. The van der Waals surface area contributed by atoms with Crippen LogP contribution >= 0.6 is 0 Å². The minimum Gasteiger partial charge on any atom is -0.507 e. The molecule has 1 fully saturated rings. The number of hydrogen-bond acceptors (Lipinski definition) is 6. The van der Waals surface area contributed by atoms with Crippen LogP contribution in [0.5, 0.6) is 11.5 Å². The van der Waals surface area contributed by atoms with E-state index in [4.69, 9.17) is 14.2 Å². The molecule has 0 bridgehead atoms. The lowest BCUT2D eigenvalue weighted by atomic mass is 9.93. The molecule has 7 heteroatoms. The summed E-state index contributed by atoms with van der Waals surface area (Å²) in [7, 11) is 3.06. The van der Waals surface area contributed by atoms with Crippen molar-refractivity contribution in [2.24, 2.45) is 0 Å². The van der Waals surface area contributed by atoms with E-state index in [-0.39, 0.29) is 24.5 Å². The van der Waals surface area contributed by atoms with Crippen LogP contribution in [0.2, 0.25) is 0 Å². The van der Waals surface area contributed by atoms with Crippen LogP contribution in [-0.4, -0.2) is 55.7 Å². The second-order valence-corrected chi connectivity index (χ2v) is 7.65. The van der Waals surface area contributed by atoms with Crippen LogP contribution in [0.4, 0.5) is 0 Å². The van der Waals surface area contributed by atoms with Crippen LogP contribution in [0.25, 0.3) is 5.76 Å². The lowest BCUT2D eigenvalue weighted by Gasteiger charge is -2.26. The summed E-state index contributed by atoms with van der Waals surface area (Å²) in [5.74, 6) is -0.554. The number of aliphatic hydroxyl groups is 1. The number of benzene rings is 2. The fourth-order valence-corrected chi connectivity index (χ4v) is 3.91. The summed E-state index contributed by atoms with van der Waals surface area (Å²) in [6.07, 6.45) is 0. The second-order valence-electron chi connectivity index (χ2n) is 7.65. The van der Waals surface area contributed by atoms with Crippen LogP contribution in [0.15, 0.2) is 42.0 Å². The number of aryl methyl sites for hydroxylation is 2. The van der Waals surface area contributed by atoms with E-state index in [1.807, 2.05) is 39.0 Å². The SMILES string of the molecule is CCOc1ccc([C@@H]2C(=C(O)c3cc(C)ccc3C)C(=O)C(=O)N2CCOC)cc1OC. The van der Waals surface area contributed by atoms with Gasteiger partial charge in [-0.15, -0.1) is 0 Å². The van der Waals surface area contributed by atoms with Gasteiger partial charge in [-0.05, 0) is 50.1 Å². The number of carbonyl (C=O) groups is 2. The number of ether oxygens (including phenoxy) is 3. The fourth-order valence-electron chi connectivity index (χ4n) is 3.91. The van der Waals surface area contributed by atoms with Crippen molar-refractivity contribution in [2.75, 3.05) is 34.0 Å². The number of Topliss-reactive ketones (excluding diaryl/α,β-unsaturated/α-hetero) is 1. The molecular formula is C25H29NO6. The van der Waals surface area contributed by atoms with Crippen LogP contribution in [0, 0.1) is 13.8 Å². The number of hydrogen-bond donors (Lipinski definition) is 1. The number of methoxy groups -OCH3 is 2. The van der Waals surface area contributed by atoms with E-state index >= 15 is 0 Å². The molecule has 0 unspecified atom stereocenters. The molecule has 1 saturated heterocycles. The average Bonchev–Trinajstić information content (AvgIpc) is 3.04. The monoisotopic (exact) mass is 439 g/mol. The zero-order valence-electron chi connectivity index (χ0n) is 19.1. The molecule has 0 aliphatic carbocycles. The van der Waals surface area contributed by atoms with Crippen molar-refractivity contribution >= 4 is 17.4 Å². The Morgan fingerprint density at radius 2 is 1.81 bits per heavy atom. The Bertz CT molecular complexity index is 1060. The van der Waals surface area contributed by atoms with E-state index in [2.05, 4.69) is 0 Å². The summed E-state index contributed by atoms with van der Waals surface area (Å²) in [6, 6.07) is 10.1. The van der Waals surface area contributed by atoms with Gasteiger partial charge in [0, 0.05) is 19.2 Å². The Hall–Kier alpha value is -3.32. The molecule has 1 amide bonds. The maximum absolute atomic E-state index is 13.1. The van der Waals surface area contributed by atoms with Gasteiger partial charge in [-0.2, -0.15) is 0 Å². The van der Waals surface area contributed by atoms with E-state index < -0.39 is 17.7 Å². The molecule has 1 heterocycles. The normalized spacial score (nSPS) is 17.7. The minimum absolute atomic E-state index is 0.0472. The topological polar surface area (TPSA) is 85.3 Å². The summed E-state index contributed by atoms with van der Waals surface area (Å²) < 4.78 is 16.2. The highest BCUT2D eigenvalue weighted by molar-refractivity contribution is 6.46. The maximum Gasteiger partial charge on any atom is 0.295 e. The molecule has 1 atom stereocenters. The van der Waals surface area contributed by atoms with Gasteiger partial charge in [0.15, 0.2) is 11.5 Å². The van der Waals surface area contributed by atoms with Crippen molar-refractivity contribution in [3.8, 4) is 11.5 Å². The molecule has 2 aromatic rings. The molecule has 170 valence electrons. The van der Waals surface area contributed by atoms with E-state index in [1.54, 1.807) is 18.2 Å². The molecular weight excluding hydrogens is 410 g/mol. The van der Waals surface area contributed by atoms with Crippen LogP contribution in [0.1, 0.15) is 35.2 Å². The van der Waals surface area contributed by atoms with Crippen LogP contribution in [0.3, 0.4) is 0 Å². The summed E-state index contributed by atoms with van der Waals surface area (Å²) >= 11 is 0. The largest absolute Gasteiger partial charge is 0.507 e. The lowest BCUT2D eigenvalue weighted by Crippen LogP contribution is -2.32. The number of ketones is 1. The standard InChI is InChI=1S/C25H29NO6/c1-6-32-19-10-9-17(14-20(19)31-5)22-21(24(28)25(29)26(22)11-12-30-4)23(27)18-13-15(2)7-8-16(18)3/h7-10,13-14,22,27H,6,11-12H2,1-5H3/t22-/m1/s1. The Morgan fingerprint density at radius 3 is 2.47 bits per heavy atom. The van der Waals surface area contributed by atoms with Crippen molar-refractivity contribution in [1.82, 2.24) is 4.90 Å². The fraction of sp³-hybridized carbons (Fsp3) is 0.360. The zero-order valence-corrected chi connectivity index (χ0v) is 19.1. The quantitative estimate of drug-likeness (QED) is 0.383. The van der Waals surface area contributed by atoms with E-state index in [0.717, 1.165) is 11.1 Å². The molecule has 0 saturated carbocycles. The first-order valence-electron chi connectivity index (χ1n) is 10.5. The van der Waals surface area contributed by atoms with Crippen molar-refractivity contribution in [3.05, 3.63) is 64.2 Å². The van der Waals surface area contributed by atoms with Crippen molar-refractivity contribution in [3.63, 3.8) is 0 Å². The Labute approximate surface area is 188 Å². The Kier molecular flexibility index (Phi) is 7.20. The molecule has 1 aliphatic heterocycles. The van der Waals surface area contributed by atoms with Gasteiger partial charge in [0.1, 0.15) is 5.76 Å². The van der Waals surface area contributed by atoms with Gasteiger partial charge < -0.3 is 24.2 Å². The first kappa shape index (κ1) is 23.3. The highest BCUT2D eigenvalue weighted by atomic mass is 16.5. The number of nitrogens with zero attached hydrogens (tertiary/aromatic N) is 1. The predicted molar refractivity (Wildman–Crippen MR) is 121 cm³/mol. The third-order valence-corrected chi connectivity index (χ3v) is 5.53. The van der Waals surface area contributed by atoms with E-state index in [1.165, 1.54) is 19.1 Å². The van der Waals surface area contributed by atoms with Gasteiger partial charge in [0.25, 0.3) is 11.7 Å². The molecule has 0 radical (unpaired) electrons. The maximum atomic E-state index is 13.1. The molecule has 2 aromatic carbocycles. The molecule has 0 spiro atoms. The Morgan fingerprint density at radius 1 is 1.06 bits per heavy atom. The zero-order chi connectivity index (χ0) is 23.4. The van der Waals surface area contributed by atoms with Crippen LogP contribution < -0.4 is 9.47 Å². The molecule has 0 aromatic heterocycles. The number of amides is 1. The predicted octanol–water partition coefficient (Wildman–Crippen LogP) is 3.78. The summed E-state index contributed by atoms with van der Waals surface area (Å²) in [5.41, 5.74) is 2.94. The van der Waals surface area contributed by atoms with E-state index in [0.29, 0.717) is 29.2 Å². The average molecular weight is 440 g/mol. The van der Waals surface area contributed by atoms with Gasteiger partial charge in [0.2, 0.25) is 0 Å². The number of carbonyl (C=O) groups excluding carboxylic acids is 2. The summed E-state index contributed by atoms with van der Waals surface area (Å²) in [5, 5.41) is 11.2.